The molecule has 24 heavy (non-hydrogen) atoms. The van der Waals surface area contributed by atoms with E-state index < -0.39 is 11.8 Å². The number of halogens is 1. The summed E-state index contributed by atoms with van der Waals surface area (Å²) < 4.78 is 18.5. The van der Waals surface area contributed by atoms with E-state index in [1.165, 1.54) is 25.3 Å². The minimum Gasteiger partial charge on any atom is -0.465 e. The van der Waals surface area contributed by atoms with Crippen LogP contribution >= 0.6 is 0 Å². The molecule has 1 aromatic heterocycles. The fourth-order valence-electron chi connectivity index (χ4n) is 2.30. The molecule has 0 bridgehead atoms. The molecule has 0 atom stereocenters. The molecule has 0 amide bonds. The Morgan fingerprint density at radius 1 is 1.29 bits per heavy atom. The lowest BCUT2D eigenvalue weighted by molar-refractivity contribution is 0.0600. The number of benzene rings is 2. The molecule has 0 aliphatic heterocycles. The Balaban J connectivity index is 1.86. The van der Waals surface area contributed by atoms with Gasteiger partial charge in [0.05, 0.1) is 23.6 Å². The van der Waals surface area contributed by atoms with Crippen molar-refractivity contribution in [3.05, 3.63) is 69.8 Å². The molecular weight excluding hydrogens is 313 g/mol. The number of fused-ring (bicyclic) bond motifs is 1. The average molecular weight is 327 g/mol. The van der Waals surface area contributed by atoms with E-state index in [1.807, 2.05) is 0 Å². The smallest absolute Gasteiger partial charge is 0.337 e. The number of esters is 1. The van der Waals surface area contributed by atoms with Crippen molar-refractivity contribution in [3.8, 4) is 0 Å². The van der Waals surface area contributed by atoms with Gasteiger partial charge in [-0.1, -0.05) is 12.1 Å². The van der Waals surface area contributed by atoms with Gasteiger partial charge < -0.3 is 10.1 Å². The second-order valence-electron chi connectivity index (χ2n) is 5.08. The van der Waals surface area contributed by atoms with Gasteiger partial charge in [-0.15, -0.1) is 0 Å². The number of methoxy groups -OCH3 is 1. The summed E-state index contributed by atoms with van der Waals surface area (Å²) in [6, 6.07) is 10.9. The van der Waals surface area contributed by atoms with Gasteiger partial charge in [-0.3, -0.25) is 9.78 Å². The first-order valence-electron chi connectivity index (χ1n) is 7.18. The zero-order chi connectivity index (χ0) is 17.1. The van der Waals surface area contributed by atoms with E-state index in [0.29, 0.717) is 10.9 Å². The number of aromatic amines is 1. The van der Waals surface area contributed by atoms with Crippen molar-refractivity contribution in [2.24, 2.45) is 0 Å². The number of hydrogen-bond donors (Lipinski definition) is 2. The van der Waals surface area contributed by atoms with Gasteiger partial charge in [0.25, 0.3) is 5.56 Å². The molecule has 0 fully saturated rings. The van der Waals surface area contributed by atoms with Crippen LogP contribution in [0.2, 0.25) is 0 Å². The third-order valence-corrected chi connectivity index (χ3v) is 3.53. The maximum atomic E-state index is 13.9. The predicted octanol–water partition coefficient (Wildman–Crippen LogP) is 2.46. The zero-order valence-corrected chi connectivity index (χ0v) is 12.8. The Bertz CT molecular complexity index is 969. The van der Waals surface area contributed by atoms with Crippen LogP contribution in [-0.4, -0.2) is 23.0 Å². The highest BCUT2D eigenvalue weighted by molar-refractivity contribution is 5.89. The third kappa shape index (κ3) is 3.10. The number of ether oxygens (including phenoxy) is 1. The summed E-state index contributed by atoms with van der Waals surface area (Å²) in [6.07, 6.45) is 0. The molecular formula is C17H14FN3O3. The lowest BCUT2D eigenvalue weighted by atomic mass is 10.1. The summed E-state index contributed by atoms with van der Waals surface area (Å²) in [4.78, 5) is 30.4. The van der Waals surface area contributed by atoms with Crippen LogP contribution in [-0.2, 0) is 11.3 Å². The van der Waals surface area contributed by atoms with Gasteiger partial charge in [0.2, 0.25) is 5.95 Å². The molecule has 6 nitrogen and oxygen atoms in total. The number of anilines is 1. The largest absolute Gasteiger partial charge is 0.465 e. The molecule has 122 valence electrons. The molecule has 0 unspecified atom stereocenters. The van der Waals surface area contributed by atoms with Gasteiger partial charge in [0.1, 0.15) is 5.82 Å². The minimum atomic E-state index is -0.548. The van der Waals surface area contributed by atoms with Crippen molar-refractivity contribution >= 4 is 22.8 Å². The Hall–Kier alpha value is -3.22. The van der Waals surface area contributed by atoms with Gasteiger partial charge in [-0.25, -0.2) is 14.2 Å². The van der Waals surface area contributed by atoms with Crippen LogP contribution in [0.15, 0.2) is 47.3 Å². The number of para-hydroxylation sites is 1. The monoisotopic (exact) mass is 327 g/mol. The lowest BCUT2D eigenvalue weighted by Gasteiger charge is -2.09. The van der Waals surface area contributed by atoms with E-state index in [0.717, 1.165) is 0 Å². The molecule has 0 aliphatic rings. The summed E-state index contributed by atoms with van der Waals surface area (Å²) in [7, 11) is 1.26. The van der Waals surface area contributed by atoms with Crippen LogP contribution in [0.1, 0.15) is 15.9 Å². The Kier molecular flexibility index (Phi) is 4.24. The first kappa shape index (κ1) is 15.7. The molecule has 0 saturated heterocycles. The van der Waals surface area contributed by atoms with E-state index in [2.05, 4.69) is 20.0 Å². The fraction of sp³-hybridized carbons (Fsp3) is 0.118. The molecule has 2 N–H and O–H groups in total. The molecule has 2 aromatic carbocycles. The van der Waals surface area contributed by atoms with Crippen LogP contribution in [0, 0.1) is 5.82 Å². The van der Waals surface area contributed by atoms with E-state index in [4.69, 9.17) is 0 Å². The number of rotatable bonds is 4. The quantitative estimate of drug-likeness (QED) is 0.719. The zero-order valence-electron chi connectivity index (χ0n) is 12.8. The number of hydrogen-bond acceptors (Lipinski definition) is 5. The molecule has 7 heteroatoms. The predicted molar refractivity (Wildman–Crippen MR) is 87.4 cm³/mol. The van der Waals surface area contributed by atoms with E-state index in [1.54, 1.807) is 24.3 Å². The molecule has 0 aliphatic carbocycles. The topological polar surface area (TPSA) is 84.1 Å². The highest BCUT2D eigenvalue weighted by atomic mass is 19.1. The standard InChI is InChI=1S/C17H14FN3O3/c1-24-16(23)10-6-7-13(18)11(8-10)9-19-17-20-14-5-3-2-4-12(14)15(22)21-17/h2-8H,9H2,1H3,(H2,19,20,21,22). The van der Waals surface area contributed by atoms with Gasteiger partial charge >= 0.3 is 5.97 Å². The normalized spacial score (nSPS) is 10.6. The highest BCUT2D eigenvalue weighted by Gasteiger charge is 2.10. The van der Waals surface area contributed by atoms with Crippen molar-refractivity contribution in [2.75, 3.05) is 12.4 Å². The number of carbonyl (C=O) groups excluding carboxylic acids is 1. The van der Waals surface area contributed by atoms with Crippen LogP contribution in [0.3, 0.4) is 0 Å². The molecule has 0 radical (unpaired) electrons. The first-order chi connectivity index (χ1) is 11.6. The lowest BCUT2D eigenvalue weighted by Crippen LogP contribution is -2.14. The first-order valence-corrected chi connectivity index (χ1v) is 7.18. The van der Waals surface area contributed by atoms with Gasteiger partial charge in [0.15, 0.2) is 0 Å². The summed E-state index contributed by atoms with van der Waals surface area (Å²) >= 11 is 0. The van der Waals surface area contributed by atoms with Crippen LogP contribution < -0.4 is 10.9 Å². The Morgan fingerprint density at radius 3 is 2.88 bits per heavy atom. The molecule has 3 aromatic rings. The molecule has 1 heterocycles. The van der Waals surface area contributed by atoms with E-state index in [9.17, 15) is 14.0 Å². The molecule has 0 saturated carbocycles. The average Bonchev–Trinajstić information content (AvgIpc) is 2.60. The Labute approximate surface area is 136 Å². The maximum Gasteiger partial charge on any atom is 0.337 e. The highest BCUT2D eigenvalue weighted by Crippen LogP contribution is 2.14. The number of H-pyrrole nitrogens is 1. The number of carbonyl (C=O) groups is 1. The summed E-state index contributed by atoms with van der Waals surface area (Å²) in [5.41, 5.74) is 0.754. The van der Waals surface area contributed by atoms with Gasteiger partial charge in [-0.05, 0) is 30.3 Å². The summed E-state index contributed by atoms with van der Waals surface area (Å²) in [6.45, 7) is 0.0535. The van der Waals surface area contributed by atoms with E-state index >= 15 is 0 Å². The number of aromatic nitrogens is 2. The summed E-state index contributed by atoms with van der Waals surface area (Å²) in [5, 5.41) is 3.33. The van der Waals surface area contributed by atoms with Crippen molar-refractivity contribution in [3.63, 3.8) is 0 Å². The minimum absolute atomic E-state index is 0.0535. The number of nitrogens with zero attached hydrogens (tertiary/aromatic N) is 1. The number of nitrogens with one attached hydrogen (secondary N) is 2. The SMILES string of the molecule is COC(=O)c1ccc(F)c(CNc2nc3ccccc3c(=O)[nH]2)c1. The van der Waals surface area contributed by atoms with Crippen LogP contribution in [0.4, 0.5) is 10.3 Å². The van der Waals surface area contributed by atoms with Gasteiger partial charge in [-0.2, -0.15) is 0 Å². The second-order valence-corrected chi connectivity index (χ2v) is 5.08. The maximum absolute atomic E-state index is 13.9. The van der Waals surface area contributed by atoms with Crippen molar-refractivity contribution in [1.29, 1.82) is 0 Å². The van der Waals surface area contributed by atoms with E-state index in [-0.39, 0.29) is 29.2 Å². The van der Waals surface area contributed by atoms with Crippen molar-refractivity contribution in [1.82, 2.24) is 9.97 Å². The molecule has 0 spiro atoms. The van der Waals surface area contributed by atoms with Crippen LogP contribution in [0.5, 0.6) is 0 Å². The van der Waals surface area contributed by atoms with Crippen molar-refractivity contribution in [2.45, 2.75) is 6.54 Å². The second kappa shape index (κ2) is 6.49. The third-order valence-electron chi connectivity index (χ3n) is 3.53. The Morgan fingerprint density at radius 2 is 2.08 bits per heavy atom. The van der Waals surface area contributed by atoms with Crippen molar-refractivity contribution < 1.29 is 13.9 Å². The van der Waals surface area contributed by atoms with Gasteiger partial charge in [0, 0.05) is 12.1 Å². The van der Waals surface area contributed by atoms with Crippen LogP contribution in [0.25, 0.3) is 10.9 Å². The fourth-order valence-corrected chi connectivity index (χ4v) is 2.30. The molecule has 3 rings (SSSR count). The summed E-state index contributed by atoms with van der Waals surface area (Å²) in [5.74, 6) is -0.798.